The third kappa shape index (κ3) is 5.00. The Bertz CT molecular complexity index is 559. The van der Waals surface area contributed by atoms with Crippen LogP contribution in [-0.4, -0.2) is 49.7 Å². The van der Waals surface area contributed by atoms with E-state index in [4.69, 9.17) is 10.5 Å². The number of hydrogen-bond acceptors (Lipinski definition) is 4. The van der Waals surface area contributed by atoms with Crippen LogP contribution >= 0.6 is 24.8 Å². The van der Waals surface area contributed by atoms with Crippen molar-refractivity contribution in [3.63, 3.8) is 0 Å². The largest absolute Gasteiger partial charge is 0.381 e. The van der Waals surface area contributed by atoms with Crippen molar-refractivity contribution in [1.29, 1.82) is 0 Å². The highest BCUT2D eigenvalue weighted by Gasteiger charge is 2.38. The molecule has 0 unspecified atom stereocenters. The molecule has 0 bridgehead atoms. The van der Waals surface area contributed by atoms with Crippen molar-refractivity contribution in [2.24, 2.45) is 5.73 Å². The summed E-state index contributed by atoms with van der Waals surface area (Å²) in [4.78, 5) is 17.0. The molecule has 0 saturated carbocycles. The standard InChI is InChI=1S/C18H27N3O2.2ClH/c1-20(17(22)18(19)8-12-23-13-9-18)14-15-6-2-3-7-16(15)21-10-4-5-11-21;;/h2-3,6-7H,4-5,8-14,19H2,1H3;2*1H. The molecule has 3 rings (SSSR count). The van der Waals surface area contributed by atoms with Crippen molar-refractivity contribution in [2.75, 3.05) is 38.3 Å². The molecule has 5 nitrogen and oxygen atoms in total. The van der Waals surface area contributed by atoms with Gasteiger partial charge >= 0.3 is 0 Å². The zero-order valence-corrected chi connectivity index (χ0v) is 16.4. The van der Waals surface area contributed by atoms with E-state index in [0.29, 0.717) is 32.6 Å². The van der Waals surface area contributed by atoms with Gasteiger partial charge in [0, 0.05) is 45.6 Å². The average molecular weight is 390 g/mol. The van der Waals surface area contributed by atoms with Crippen molar-refractivity contribution in [1.82, 2.24) is 4.90 Å². The van der Waals surface area contributed by atoms with Crippen LogP contribution in [0.4, 0.5) is 5.69 Å². The lowest BCUT2D eigenvalue weighted by atomic mass is 9.89. The summed E-state index contributed by atoms with van der Waals surface area (Å²) in [6.45, 7) is 3.95. The predicted octanol–water partition coefficient (Wildman–Crippen LogP) is 2.60. The second kappa shape index (κ2) is 9.62. The molecule has 142 valence electrons. The molecule has 1 amide bonds. The van der Waals surface area contributed by atoms with Crippen molar-refractivity contribution in [3.05, 3.63) is 29.8 Å². The predicted molar refractivity (Wildman–Crippen MR) is 106 cm³/mol. The number of anilines is 1. The molecule has 2 N–H and O–H groups in total. The summed E-state index contributed by atoms with van der Waals surface area (Å²) in [5.41, 5.74) is 8.02. The van der Waals surface area contributed by atoms with Crippen molar-refractivity contribution in [3.8, 4) is 0 Å². The molecule has 2 saturated heterocycles. The molecular weight excluding hydrogens is 361 g/mol. The summed E-state index contributed by atoms with van der Waals surface area (Å²) in [6.07, 6.45) is 3.69. The molecule has 0 spiro atoms. The van der Waals surface area contributed by atoms with E-state index >= 15 is 0 Å². The number of benzene rings is 1. The van der Waals surface area contributed by atoms with E-state index in [-0.39, 0.29) is 30.7 Å². The Morgan fingerprint density at radius 3 is 2.44 bits per heavy atom. The van der Waals surface area contributed by atoms with Crippen LogP contribution in [0.5, 0.6) is 0 Å². The quantitative estimate of drug-likeness (QED) is 0.859. The molecule has 25 heavy (non-hydrogen) atoms. The highest BCUT2D eigenvalue weighted by atomic mass is 35.5. The highest BCUT2D eigenvalue weighted by molar-refractivity contribution is 5.86. The fraction of sp³-hybridized carbons (Fsp3) is 0.611. The monoisotopic (exact) mass is 389 g/mol. The molecule has 0 aliphatic carbocycles. The Labute approximate surface area is 162 Å². The van der Waals surface area contributed by atoms with Crippen LogP contribution in [0.15, 0.2) is 24.3 Å². The number of carbonyl (C=O) groups is 1. The Kier molecular flexibility index (Phi) is 8.48. The zero-order chi connectivity index (χ0) is 16.3. The van der Waals surface area contributed by atoms with E-state index < -0.39 is 5.54 Å². The SMILES string of the molecule is CN(Cc1ccccc1N1CCCC1)C(=O)C1(N)CCOCC1.Cl.Cl. The molecule has 2 aliphatic heterocycles. The lowest BCUT2D eigenvalue weighted by Gasteiger charge is -2.35. The van der Waals surface area contributed by atoms with Gasteiger partial charge in [-0.2, -0.15) is 0 Å². The molecular formula is C18H29Cl2N3O2. The zero-order valence-electron chi connectivity index (χ0n) is 14.8. The first-order valence-corrected chi connectivity index (χ1v) is 8.55. The smallest absolute Gasteiger partial charge is 0.242 e. The van der Waals surface area contributed by atoms with E-state index in [1.807, 2.05) is 13.1 Å². The van der Waals surface area contributed by atoms with Gasteiger partial charge in [0.2, 0.25) is 5.91 Å². The van der Waals surface area contributed by atoms with E-state index in [1.54, 1.807) is 4.90 Å². The minimum Gasteiger partial charge on any atom is -0.381 e. The Hall–Kier alpha value is -1.01. The second-order valence-electron chi connectivity index (χ2n) is 6.75. The molecule has 7 heteroatoms. The second-order valence-corrected chi connectivity index (χ2v) is 6.75. The molecule has 0 atom stereocenters. The number of halogens is 2. The average Bonchev–Trinajstić information content (AvgIpc) is 3.09. The Morgan fingerprint density at radius 2 is 1.80 bits per heavy atom. The first-order chi connectivity index (χ1) is 11.1. The number of carbonyl (C=O) groups excluding carboxylic acids is 1. The van der Waals surface area contributed by atoms with Gasteiger partial charge in [0.25, 0.3) is 0 Å². The van der Waals surface area contributed by atoms with E-state index in [1.165, 1.54) is 24.1 Å². The number of hydrogen-bond donors (Lipinski definition) is 1. The lowest BCUT2D eigenvalue weighted by molar-refractivity contribution is -0.139. The van der Waals surface area contributed by atoms with Crippen molar-refractivity contribution in [2.45, 2.75) is 37.8 Å². The first-order valence-electron chi connectivity index (χ1n) is 8.55. The number of nitrogens with two attached hydrogens (primary N) is 1. The molecule has 1 aromatic carbocycles. The number of nitrogens with zero attached hydrogens (tertiary/aromatic N) is 2. The molecule has 2 aliphatic rings. The van der Waals surface area contributed by atoms with Gasteiger partial charge in [-0.15, -0.1) is 24.8 Å². The Balaban J connectivity index is 0.00000156. The number of rotatable bonds is 4. The van der Waals surface area contributed by atoms with Gasteiger partial charge in [-0.1, -0.05) is 18.2 Å². The summed E-state index contributed by atoms with van der Waals surface area (Å²) in [5.74, 6) is 0.0250. The normalized spacial score (nSPS) is 18.9. The van der Waals surface area contributed by atoms with Gasteiger partial charge in [0.05, 0.1) is 5.54 Å². The van der Waals surface area contributed by atoms with Crippen LogP contribution in [0.25, 0.3) is 0 Å². The summed E-state index contributed by atoms with van der Waals surface area (Å²) in [6, 6.07) is 8.39. The van der Waals surface area contributed by atoms with E-state index in [9.17, 15) is 4.79 Å². The molecule has 2 fully saturated rings. The van der Waals surface area contributed by atoms with E-state index in [0.717, 1.165) is 13.1 Å². The number of ether oxygens (including phenoxy) is 1. The fourth-order valence-corrected chi connectivity index (χ4v) is 3.57. The number of amides is 1. The third-order valence-electron chi connectivity index (χ3n) is 5.00. The lowest BCUT2D eigenvalue weighted by Crippen LogP contribution is -2.57. The molecule has 0 radical (unpaired) electrons. The molecule has 2 heterocycles. The van der Waals surface area contributed by atoms with Gasteiger partial charge in [0.15, 0.2) is 0 Å². The summed E-state index contributed by atoms with van der Waals surface area (Å²) in [7, 11) is 1.85. The van der Waals surface area contributed by atoms with Gasteiger partial charge in [0.1, 0.15) is 0 Å². The van der Waals surface area contributed by atoms with Gasteiger partial charge < -0.3 is 20.3 Å². The van der Waals surface area contributed by atoms with Crippen LogP contribution in [0.2, 0.25) is 0 Å². The summed E-state index contributed by atoms with van der Waals surface area (Å²) in [5, 5.41) is 0. The van der Waals surface area contributed by atoms with Crippen LogP contribution < -0.4 is 10.6 Å². The fourth-order valence-electron chi connectivity index (χ4n) is 3.57. The number of para-hydroxylation sites is 1. The van der Waals surface area contributed by atoms with Crippen LogP contribution in [0.1, 0.15) is 31.2 Å². The van der Waals surface area contributed by atoms with Crippen molar-refractivity contribution >= 4 is 36.4 Å². The topological polar surface area (TPSA) is 58.8 Å². The van der Waals surface area contributed by atoms with Crippen LogP contribution in [0.3, 0.4) is 0 Å². The van der Waals surface area contributed by atoms with E-state index in [2.05, 4.69) is 23.1 Å². The maximum atomic E-state index is 12.8. The Morgan fingerprint density at radius 1 is 1.20 bits per heavy atom. The third-order valence-corrected chi connectivity index (χ3v) is 5.00. The molecule has 0 aromatic heterocycles. The minimum atomic E-state index is -0.768. The minimum absolute atomic E-state index is 0. The van der Waals surface area contributed by atoms with Crippen LogP contribution in [-0.2, 0) is 16.1 Å². The van der Waals surface area contributed by atoms with Gasteiger partial charge in [-0.25, -0.2) is 0 Å². The van der Waals surface area contributed by atoms with Gasteiger partial charge in [-0.3, -0.25) is 4.79 Å². The maximum Gasteiger partial charge on any atom is 0.242 e. The maximum absolute atomic E-state index is 12.8. The highest BCUT2D eigenvalue weighted by Crippen LogP contribution is 2.27. The summed E-state index contributed by atoms with van der Waals surface area (Å²) < 4.78 is 5.34. The molecule has 1 aromatic rings. The first kappa shape index (κ1) is 22.0. The number of likely N-dealkylation sites (N-methyl/N-ethyl adjacent to an activating group) is 1. The van der Waals surface area contributed by atoms with Crippen molar-refractivity contribution < 1.29 is 9.53 Å². The summed E-state index contributed by atoms with van der Waals surface area (Å²) >= 11 is 0. The van der Waals surface area contributed by atoms with Crippen LogP contribution in [0, 0.1) is 0 Å². The van der Waals surface area contributed by atoms with Gasteiger partial charge in [-0.05, 0) is 37.3 Å².